The first-order chi connectivity index (χ1) is 19.9. The maximum absolute atomic E-state index is 14.7. The quantitative estimate of drug-likeness (QED) is 0.0901. The van der Waals surface area contributed by atoms with E-state index in [0.29, 0.717) is 24.5 Å². The lowest BCUT2D eigenvalue weighted by molar-refractivity contribution is -0.189. The van der Waals surface area contributed by atoms with Gasteiger partial charge in [0.05, 0.1) is 24.6 Å². The Bertz CT molecular complexity index is 1610. The van der Waals surface area contributed by atoms with Crippen molar-refractivity contribution in [3.63, 3.8) is 0 Å². The zero-order valence-corrected chi connectivity index (χ0v) is 21.4. The number of alkyl halides is 2. The molecule has 4 aromatic rings. The number of nitrogens with zero attached hydrogens (tertiary/aromatic N) is 2. The summed E-state index contributed by atoms with van der Waals surface area (Å²) < 4.78 is 137. The molecule has 0 saturated heterocycles. The predicted octanol–water partition coefficient (Wildman–Crippen LogP) is 7.82. The van der Waals surface area contributed by atoms with Gasteiger partial charge in [-0.1, -0.05) is 25.2 Å². The van der Waals surface area contributed by atoms with Gasteiger partial charge in [-0.2, -0.15) is 8.78 Å². The number of benzene rings is 3. The van der Waals surface area contributed by atoms with E-state index in [1.54, 1.807) is 0 Å². The summed E-state index contributed by atoms with van der Waals surface area (Å²) in [6, 6.07) is 2.53. The number of halogens is 9. The molecule has 0 fully saturated rings. The summed E-state index contributed by atoms with van der Waals surface area (Å²) in [7, 11) is 0. The molecule has 0 spiro atoms. The average molecular weight is 596 g/mol. The second-order valence-corrected chi connectivity index (χ2v) is 8.64. The summed E-state index contributed by atoms with van der Waals surface area (Å²) >= 11 is 0. The van der Waals surface area contributed by atoms with Crippen LogP contribution in [0.15, 0.2) is 48.8 Å². The minimum absolute atomic E-state index is 0.0239. The number of hydrogen-bond acceptors (Lipinski definition) is 4. The van der Waals surface area contributed by atoms with Crippen molar-refractivity contribution in [3.05, 3.63) is 106 Å². The normalized spacial score (nSPS) is 11.2. The van der Waals surface area contributed by atoms with Crippen LogP contribution in [0, 0.1) is 52.6 Å². The van der Waals surface area contributed by atoms with Crippen molar-refractivity contribution < 1.29 is 49.0 Å². The monoisotopic (exact) mass is 596 g/mol. The Kier molecular flexibility index (Phi) is 8.94. The van der Waals surface area contributed by atoms with E-state index in [4.69, 9.17) is 4.74 Å². The molecule has 1 aromatic heterocycles. The van der Waals surface area contributed by atoms with Crippen LogP contribution in [0.1, 0.15) is 36.5 Å². The second-order valence-electron chi connectivity index (χ2n) is 8.64. The van der Waals surface area contributed by atoms with Crippen LogP contribution in [0.2, 0.25) is 0 Å². The van der Waals surface area contributed by atoms with Crippen molar-refractivity contribution in [2.45, 2.75) is 25.9 Å². The van der Waals surface area contributed by atoms with Gasteiger partial charge in [0.2, 0.25) is 0 Å². The molecule has 4 rings (SSSR count). The second kappa shape index (κ2) is 12.4. The molecule has 3 aromatic carbocycles. The van der Waals surface area contributed by atoms with Crippen molar-refractivity contribution in [3.8, 4) is 34.7 Å². The third-order valence-corrected chi connectivity index (χ3v) is 5.56. The van der Waals surface area contributed by atoms with Crippen LogP contribution in [0.25, 0.3) is 11.4 Å². The molecule has 0 unspecified atom stereocenters. The van der Waals surface area contributed by atoms with E-state index >= 15 is 0 Å². The van der Waals surface area contributed by atoms with Crippen molar-refractivity contribution in [2.75, 3.05) is 6.61 Å². The first-order valence-electron chi connectivity index (χ1n) is 12.1. The van der Waals surface area contributed by atoms with Crippen LogP contribution in [0.3, 0.4) is 0 Å². The Hall–Kier alpha value is -4.73. The highest BCUT2D eigenvalue weighted by Gasteiger charge is 2.41. The molecule has 0 aliphatic heterocycles. The third kappa shape index (κ3) is 6.76. The van der Waals surface area contributed by atoms with Gasteiger partial charge in [0.1, 0.15) is 34.6 Å². The molecule has 0 N–H and O–H groups in total. The number of rotatable bonds is 8. The van der Waals surface area contributed by atoms with Crippen molar-refractivity contribution in [2.24, 2.45) is 0 Å². The molecule has 13 heteroatoms. The molecule has 218 valence electrons. The van der Waals surface area contributed by atoms with E-state index in [9.17, 15) is 39.5 Å². The summed E-state index contributed by atoms with van der Waals surface area (Å²) in [6.07, 6.45) is -0.420. The zero-order valence-electron chi connectivity index (χ0n) is 21.4. The van der Waals surface area contributed by atoms with Crippen molar-refractivity contribution in [1.82, 2.24) is 9.97 Å². The van der Waals surface area contributed by atoms with Crippen LogP contribution in [-0.4, -0.2) is 16.6 Å². The Balaban J connectivity index is 1.56. The van der Waals surface area contributed by atoms with Crippen LogP contribution >= 0.6 is 0 Å². The minimum atomic E-state index is -4.81. The average Bonchev–Trinajstić information content (AvgIpc) is 2.91. The molecule has 0 aliphatic carbocycles. The van der Waals surface area contributed by atoms with Crippen LogP contribution < -0.4 is 9.47 Å². The molecule has 0 aliphatic rings. The lowest BCUT2D eigenvalue weighted by Gasteiger charge is -2.19. The fourth-order valence-electron chi connectivity index (χ4n) is 3.54. The standard InChI is InChI=1S/C29H17F9N2O2/c1-2-3-6-41-18-13-39-28(40-14-18)16-9-20(30)19(21(31)10-16)5-4-15-7-22(32)26(23(33)8-15)29(37,38)42-17-11-24(34)27(36)25(35)12-17/h7-14H,2-3,6H2,1H3. The smallest absolute Gasteiger partial charge is 0.432 e. The molecular formula is C29H17F9N2O2. The van der Waals surface area contributed by atoms with Gasteiger partial charge in [-0.25, -0.2) is 40.7 Å². The third-order valence-electron chi connectivity index (χ3n) is 5.56. The summed E-state index contributed by atoms with van der Waals surface area (Å²) in [5, 5.41) is 0. The fourth-order valence-corrected chi connectivity index (χ4v) is 3.54. The number of ether oxygens (including phenoxy) is 2. The van der Waals surface area contributed by atoms with Crippen LogP contribution in [0.5, 0.6) is 11.5 Å². The summed E-state index contributed by atoms with van der Waals surface area (Å²) in [4.78, 5) is 8.01. The van der Waals surface area contributed by atoms with Gasteiger partial charge in [-0.15, -0.1) is 0 Å². The van der Waals surface area contributed by atoms with Gasteiger partial charge < -0.3 is 9.47 Å². The number of unbranched alkanes of at least 4 members (excludes halogenated alkanes) is 1. The lowest BCUT2D eigenvalue weighted by atomic mass is 10.1. The first-order valence-corrected chi connectivity index (χ1v) is 12.1. The Morgan fingerprint density at radius 3 is 1.83 bits per heavy atom. The Morgan fingerprint density at radius 1 is 0.714 bits per heavy atom. The first kappa shape index (κ1) is 30.2. The minimum Gasteiger partial charge on any atom is -0.490 e. The summed E-state index contributed by atoms with van der Waals surface area (Å²) in [5.41, 5.74) is -3.38. The van der Waals surface area contributed by atoms with Crippen molar-refractivity contribution >= 4 is 0 Å². The van der Waals surface area contributed by atoms with Gasteiger partial charge in [-0.05, 0) is 30.7 Å². The number of aromatic nitrogens is 2. The molecule has 0 amide bonds. The van der Waals surface area contributed by atoms with Crippen LogP contribution in [0.4, 0.5) is 39.5 Å². The maximum Gasteiger partial charge on any atom is 0.432 e. The lowest BCUT2D eigenvalue weighted by Crippen LogP contribution is -2.25. The van der Waals surface area contributed by atoms with Gasteiger partial charge in [-0.3, -0.25) is 0 Å². The number of hydrogen-bond donors (Lipinski definition) is 0. The van der Waals surface area contributed by atoms with E-state index in [0.717, 1.165) is 25.0 Å². The van der Waals surface area contributed by atoms with Gasteiger partial charge in [0.15, 0.2) is 29.0 Å². The SMILES string of the molecule is CCCCOc1cnc(-c2cc(F)c(C#Cc3cc(F)c(C(F)(F)Oc4cc(F)c(F)c(F)c4)c(F)c3)c(F)c2)nc1. The highest BCUT2D eigenvalue weighted by molar-refractivity contribution is 5.58. The summed E-state index contributed by atoms with van der Waals surface area (Å²) in [5.74, 6) is -8.64. The van der Waals surface area contributed by atoms with Crippen molar-refractivity contribution in [1.29, 1.82) is 0 Å². The fraction of sp³-hybridized carbons (Fsp3) is 0.172. The molecule has 1 heterocycles. The van der Waals surface area contributed by atoms with E-state index in [1.807, 2.05) is 6.92 Å². The Morgan fingerprint density at radius 2 is 1.29 bits per heavy atom. The zero-order chi connectivity index (χ0) is 30.6. The Labute approximate surface area is 232 Å². The van der Waals surface area contributed by atoms with E-state index in [-0.39, 0.29) is 23.5 Å². The van der Waals surface area contributed by atoms with Crippen LogP contribution in [-0.2, 0) is 6.11 Å². The molecule has 4 nitrogen and oxygen atoms in total. The van der Waals surface area contributed by atoms with Gasteiger partial charge in [0, 0.05) is 23.3 Å². The highest BCUT2D eigenvalue weighted by Crippen LogP contribution is 2.36. The maximum atomic E-state index is 14.7. The molecular weight excluding hydrogens is 579 g/mol. The van der Waals surface area contributed by atoms with E-state index in [2.05, 4.69) is 26.5 Å². The topological polar surface area (TPSA) is 44.2 Å². The largest absolute Gasteiger partial charge is 0.490 e. The molecule has 0 bridgehead atoms. The van der Waals surface area contributed by atoms with Gasteiger partial charge >= 0.3 is 6.11 Å². The van der Waals surface area contributed by atoms with E-state index < -0.39 is 69.3 Å². The van der Waals surface area contributed by atoms with Gasteiger partial charge in [0.25, 0.3) is 0 Å². The predicted molar refractivity (Wildman–Crippen MR) is 131 cm³/mol. The molecule has 0 radical (unpaired) electrons. The molecule has 0 saturated carbocycles. The summed E-state index contributed by atoms with van der Waals surface area (Å²) in [6.45, 7) is 2.43. The molecule has 0 atom stereocenters. The highest BCUT2D eigenvalue weighted by atomic mass is 19.3. The van der Waals surface area contributed by atoms with E-state index in [1.165, 1.54) is 12.4 Å². The molecule has 42 heavy (non-hydrogen) atoms.